The maximum atomic E-state index is 6.56. The van der Waals surface area contributed by atoms with Gasteiger partial charge in [0.05, 0.1) is 0 Å². The summed E-state index contributed by atoms with van der Waals surface area (Å²) in [5.74, 6) is 0. The number of rotatable bonds is 7. The van der Waals surface area contributed by atoms with E-state index in [4.69, 9.17) is 4.42 Å². The Bertz CT molecular complexity index is 3620. The zero-order chi connectivity index (χ0) is 41.0. The Labute approximate surface area is 360 Å². The SMILES string of the molecule is c1ccc(-c2c(-c3ccccc3)c3cc(N(c4ccc(-c5ccc6ccccc6c5)cc4)c4cccc(-c5cccc6c5oc5ccccc56)c4)ccc3c3ccccc23)cc1. The fraction of sp³-hybridized carbons (Fsp3) is 0. The minimum atomic E-state index is 0.895. The van der Waals surface area contributed by atoms with Crippen molar-refractivity contribution in [2.45, 2.75) is 0 Å². The normalized spacial score (nSPS) is 11.5. The molecule has 12 rings (SSSR count). The average Bonchev–Trinajstić information content (AvgIpc) is 3.73. The highest BCUT2D eigenvalue weighted by atomic mass is 16.3. The Kier molecular flexibility index (Phi) is 8.53. The van der Waals surface area contributed by atoms with Crippen LogP contribution in [0.15, 0.2) is 241 Å². The van der Waals surface area contributed by atoms with Crippen molar-refractivity contribution in [3.05, 3.63) is 237 Å². The number of nitrogens with zero attached hydrogens (tertiary/aromatic N) is 1. The van der Waals surface area contributed by atoms with Crippen LogP contribution in [-0.4, -0.2) is 0 Å². The summed E-state index contributed by atoms with van der Waals surface area (Å²) in [7, 11) is 0. The Balaban J connectivity index is 1.09. The molecule has 1 heterocycles. The van der Waals surface area contributed by atoms with Gasteiger partial charge in [-0.1, -0.05) is 188 Å². The standard InChI is InChI=1S/C60H39NO/c1-3-16-42(17-4-1)58-54-25-10-9-23-51(54)52-36-35-49(39-56(52)59(58)43-18-5-2-6-19-43)61(47-33-31-41(32-34-47)45-30-29-40-15-7-8-20-44(40)37-45)48-22-13-21-46(38-48)50-26-14-27-55-53-24-11-12-28-57(53)62-60(50)55/h1-39H. The van der Waals surface area contributed by atoms with Gasteiger partial charge in [0, 0.05) is 33.4 Å². The second-order valence-electron chi connectivity index (χ2n) is 16.0. The summed E-state index contributed by atoms with van der Waals surface area (Å²) in [5, 5.41) is 9.63. The fourth-order valence-electron chi connectivity index (χ4n) is 9.53. The molecule has 0 amide bonds. The van der Waals surface area contributed by atoms with Crippen LogP contribution >= 0.6 is 0 Å². The second kappa shape index (κ2) is 14.8. The van der Waals surface area contributed by atoms with E-state index in [0.29, 0.717) is 0 Å². The minimum absolute atomic E-state index is 0.895. The number of furan rings is 1. The van der Waals surface area contributed by atoms with E-state index in [0.717, 1.165) is 50.1 Å². The molecular weight excluding hydrogens is 751 g/mol. The van der Waals surface area contributed by atoms with Crippen LogP contribution in [0.5, 0.6) is 0 Å². The second-order valence-corrected chi connectivity index (χ2v) is 16.0. The molecule has 1 aromatic heterocycles. The van der Waals surface area contributed by atoms with Gasteiger partial charge in [-0.2, -0.15) is 0 Å². The lowest BCUT2D eigenvalue weighted by molar-refractivity contribution is 0.670. The molecule has 2 nitrogen and oxygen atoms in total. The summed E-state index contributed by atoms with van der Waals surface area (Å²) in [6.45, 7) is 0. The van der Waals surface area contributed by atoms with Crippen LogP contribution in [0.4, 0.5) is 17.1 Å². The van der Waals surface area contributed by atoms with E-state index in [1.807, 2.05) is 6.07 Å². The van der Waals surface area contributed by atoms with Gasteiger partial charge in [0.1, 0.15) is 11.2 Å². The summed E-state index contributed by atoms with van der Waals surface area (Å²) < 4.78 is 6.56. The van der Waals surface area contributed by atoms with Crippen molar-refractivity contribution in [2.75, 3.05) is 4.90 Å². The van der Waals surface area contributed by atoms with Gasteiger partial charge in [-0.3, -0.25) is 0 Å². The highest BCUT2D eigenvalue weighted by molar-refractivity contribution is 6.22. The van der Waals surface area contributed by atoms with Gasteiger partial charge in [0.15, 0.2) is 0 Å². The molecule has 62 heavy (non-hydrogen) atoms. The Hall–Kier alpha value is -8.20. The number of benzene rings is 11. The van der Waals surface area contributed by atoms with Gasteiger partial charge >= 0.3 is 0 Å². The van der Waals surface area contributed by atoms with Crippen LogP contribution in [0.2, 0.25) is 0 Å². The lowest BCUT2D eigenvalue weighted by Gasteiger charge is -2.27. The quantitative estimate of drug-likeness (QED) is 0.150. The van der Waals surface area contributed by atoms with E-state index < -0.39 is 0 Å². The van der Waals surface area contributed by atoms with Crippen molar-refractivity contribution in [1.29, 1.82) is 0 Å². The Morgan fingerprint density at radius 1 is 0.274 bits per heavy atom. The van der Waals surface area contributed by atoms with Crippen LogP contribution in [-0.2, 0) is 0 Å². The third kappa shape index (κ3) is 6.04. The van der Waals surface area contributed by atoms with Gasteiger partial charge in [-0.05, 0) is 120 Å². The zero-order valence-corrected chi connectivity index (χ0v) is 33.9. The summed E-state index contributed by atoms with van der Waals surface area (Å²) in [6.07, 6.45) is 0. The molecule has 0 atom stereocenters. The molecule has 0 bridgehead atoms. The molecule has 0 N–H and O–H groups in total. The molecule has 0 aliphatic rings. The third-order valence-corrected chi connectivity index (χ3v) is 12.4. The van der Waals surface area contributed by atoms with Crippen LogP contribution in [0, 0.1) is 0 Å². The molecule has 0 radical (unpaired) electrons. The largest absolute Gasteiger partial charge is 0.455 e. The molecule has 0 aliphatic carbocycles. The first kappa shape index (κ1) is 35.7. The maximum Gasteiger partial charge on any atom is 0.143 e. The number of para-hydroxylation sites is 2. The van der Waals surface area contributed by atoms with Crippen molar-refractivity contribution < 1.29 is 4.42 Å². The highest BCUT2D eigenvalue weighted by Crippen LogP contribution is 2.47. The van der Waals surface area contributed by atoms with Crippen molar-refractivity contribution >= 4 is 71.3 Å². The first-order valence-electron chi connectivity index (χ1n) is 21.2. The van der Waals surface area contributed by atoms with Gasteiger partial charge in [0.2, 0.25) is 0 Å². The van der Waals surface area contributed by atoms with E-state index in [2.05, 4.69) is 235 Å². The molecule has 2 heteroatoms. The van der Waals surface area contributed by atoms with Crippen molar-refractivity contribution in [3.8, 4) is 44.5 Å². The summed E-state index contributed by atoms with van der Waals surface area (Å²) >= 11 is 0. The smallest absolute Gasteiger partial charge is 0.143 e. The molecule has 11 aromatic carbocycles. The maximum absolute atomic E-state index is 6.56. The predicted octanol–water partition coefficient (Wildman–Crippen LogP) is 17.2. The lowest BCUT2D eigenvalue weighted by Crippen LogP contribution is -2.10. The molecule has 0 saturated carbocycles. The summed E-state index contributed by atoms with van der Waals surface area (Å²) in [6, 6.07) is 85.5. The number of hydrogen-bond acceptors (Lipinski definition) is 2. The van der Waals surface area contributed by atoms with Gasteiger partial charge < -0.3 is 9.32 Å². The first-order valence-corrected chi connectivity index (χ1v) is 21.2. The van der Waals surface area contributed by atoms with Crippen molar-refractivity contribution in [2.24, 2.45) is 0 Å². The van der Waals surface area contributed by atoms with Crippen LogP contribution in [0.1, 0.15) is 0 Å². The number of fused-ring (bicyclic) bond motifs is 7. The number of hydrogen-bond donors (Lipinski definition) is 0. The first-order chi connectivity index (χ1) is 30.7. The lowest BCUT2D eigenvalue weighted by atomic mass is 9.85. The van der Waals surface area contributed by atoms with Crippen LogP contribution in [0.25, 0.3) is 98.8 Å². The highest BCUT2D eigenvalue weighted by Gasteiger charge is 2.21. The van der Waals surface area contributed by atoms with E-state index >= 15 is 0 Å². The Morgan fingerprint density at radius 2 is 0.839 bits per heavy atom. The molecular formula is C60H39NO. The van der Waals surface area contributed by atoms with Crippen molar-refractivity contribution in [3.63, 3.8) is 0 Å². The van der Waals surface area contributed by atoms with E-state index in [9.17, 15) is 0 Å². The minimum Gasteiger partial charge on any atom is -0.455 e. The molecule has 12 aromatic rings. The summed E-state index contributed by atoms with van der Waals surface area (Å²) in [4.78, 5) is 2.40. The van der Waals surface area contributed by atoms with Crippen molar-refractivity contribution in [1.82, 2.24) is 0 Å². The fourth-order valence-corrected chi connectivity index (χ4v) is 9.53. The topological polar surface area (TPSA) is 16.4 Å². The third-order valence-electron chi connectivity index (χ3n) is 12.4. The molecule has 0 saturated heterocycles. The van der Waals surface area contributed by atoms with E-state index in [1.54, 1.807) is 0 Å². The molecule has 0 spiro atoms. The number of anilines is 3. The van der Waals surface area contributed by atoms with Gasteiger partial charge in [0.25, 0.3) is 0 Å². The van der Waals surface area contributed by atoms with E-state index in [-0.39, 0.29) is 0 Å². The Morgan fingerprint density at radius 3 is 1.63 bits per heavy atom. The van der Waals surface area contributed by atoms with Crippen LogP contribution < -0.4 is 4.90 Å². The molecule has 0 fully saturated rings. The predicted molar refractivity (Wildman–Crippen MR) is 263 cm³/mol. The average molecular weight is 790 g/mol. The molecule has 0 aliphatic heterocycles. The van der Waals surface area contributed by atoms with Crippen LogP contribution in [0.3, 0.4) is 0 Å². The van der Waals surface area contributed by atoms with E-state index in [1.165, 1.54) is 65.7 Å². The molecule has 0 unspecified atom stereocenters. The molecule has 290 valence electrons. The van der Waals surface area contributed by atoms with Gasteiger partial charge in [-0.25, -0.2) is 0 Å². The monoisotopic (exact) mass is 789 g/mol. The zero-order valence-electron chi connectivity index (χ0n) is 33.9. The van der Waals surface area contributed by atoms with Gasteiger partial charge in [-0.15, -0.1) is 0 Å². The summed E-state index contributed by atoms with van der Waals surface area (Å²) in [5.41, 5.74) is 14.4.